The predicted molar refractivity (Wildman–Crippen MR) is 101 cm³/mol. The van der Waals surface area contributed by atoms with Crippen LogP contribution in [0.25, 0.3) is 5.82 Å². The molecule has 2 heterocycles. The zero-order valence-electron chi connectivity index (χ0n) is 16.0. The number of halogens is 3. The number of imidazole rings is 1. The second kappa shape index (κ2) is 8.14. The Balaban J connectivity index is 1.38. The number of hydrogen-bond donors (Lipinski definition) is 2. The van der Waals surface area contributed by atoms with Crippen LogP contribution >= 0.6 is 0 Å². The summed E-state index contributed by atoms with van der Waals surface area (Å²) in [7, 11) is 0. The summed E-state index contributed by atoms with van der Waals surface area (Å²) < 4.78 is 38.8. The topological polar surface area (TPSA) is 71.8 Å². The van der Waals surface area contributed by atoms with E-state index in [2.05, 4.69) is 20.6 Å². The van der Waals surface area contributed by atoms with E-state index in [0.717, 1.165) is 18.4 Å². The van der Waals surface area contributed by atoms with Crippen LogP contribution in [0, 0.1) is 0 Å². The first-order valence-corrected chi connectivity index (χ1v) is 9.99. The van der Waals surface area contributed by atoms with Gasteiger partial charge in [0.2, 0.25) is 0 Å². The summed E-state index contributed by atoms with van der Waals surface area (Å²) in [5.41, 5.74) is 1.48. The van der Waals surface area contributed by atoms with Gasteiger partial charge in [0.05, 0.1) is 6.54 Å². The highest BCUT2D eigenvalue weighted by molar-refractivity contribution is 5.93. The molecule has 0 saturated heterocycles. The number of carbonyl (C=O) groups excluding carboxylic acids is 1. The van der Waals surface area contributed by atoms with Crippen LogP contribution in [-0.4, -0.2) is 45.2 Å². The minimum absolute atomic E-state index is 0.0467. The van der Waals surface area contributed by atoms with Crippen LogP contribution in [0.15, 0.2) is 30.9 Å². The highest BCUT2D eigenvalue weighted by Gasteiger charge is 2.30. The van der Waals surface area contributed by atoms with Crippen LogP contribution in [0.3, 0.4) is 0 Å². The van der Waals surface area contributed by atoms with Gasteiger partial charge in [-0.05, 0) is 62.1 Å². The molecule has 29 heavy (non-hydrogen) atoms. The van der Waals surface area contributed by atoms with Crippen molar-refractivity contribution < 1.29 is 18.0 Å². The Morgan fingerprint density at radius 2 is 1.83 bits per heavy atom. The Morgan fingerprint density at radius 3 is 2.45 bits per heavy atom. The lowest BCUT2D eigenvalue weighted by Gasteiger charge is -2.30. The first-order valence-electron chi connectivity index (χ1n) is 9.99. The van der Waals surface area contributed by atoms with Gasteiger partial charge in [0.15, 0.2) is 0 Å². The van der Waals surface area contributed by atoms with E-state index >= 15 is 0 Å². The molecule has 2 fully saturated rings. The summed E-state index contributed by atoms with van der Waals surface area (Å²) in [5, 5.41) is 5.57. The van der Waals surface area contributed by atoms with Crippen LogP contribution in [0.4, 0.5) is 13.2 Å². The van der Waals surface area contributed by atoms with Gasteiger partial charge in [0, 0.05) is 24.5 Å². The van der Waals surface area contributed by atoms with Crippen molar-refractivity contribution in [2.24, 2.45) is 0 Å². The number of nitrogens with zero attached hydrogens (tertiary/aromatic N) is 3. The first-order chi connectivity index (χ1) is 13.9. The van der Waals surface area contributed by atoms with Gasteiger partial charge < -0.3 is 10.6 Å². The normalized spacial score (nSPS) is 22.4. The monoisotopic (exact) mass is 407 g/mol. The molecule has 4 rings (SSSR count). The van der Waals surface area contributed by atoms with Gasteiger partial charge in [-0.2, -0.15) is 13.2 Å². The van der Waals surface area contributed by atoms with E-state index in [1.54, 1.807) is 23.3 Å². The van der Waals surface area contributed by atoms with Crippen molar-refractivity contribution in [1.29, 1.82) is 0 Å². The van der Waals surface area contributed by atoms with E-state index in [-0.39, 0.29) is 18.0 Å². The zero-order chi connectivity index (χ0) is 20.4. The smallest absolute Gasteiger partial charge is 0.348 e. The fourth-order valence-corrected chi connectivity index (χ4v) is 3.79. The maximum atomic E-state index is 12.8. The van der Waals surface area contributed by atoms with Crippen LogP contribution in [0.2, 0.25) is 0 Å². The highest BCUT2D eigenvalue weighted by Crippen LogP contribution is 2.40. The number of carbonyl (C=O) groups is 1. The van der Waals surface area contributed by atoms with Crippen LogP contribution in [0.1, 0.15) is 60.5 Å². The Hall–Kier alpha value is -2.42. The van der Waals surface area contributed by atoms with Crippen LogP contribution in [-0.2, 0) is 0 Å². The largest absolute Gasteiger partial charge is 0.401 e. The summed E-state index contributed by atoms with van der Waals surface area (Å²) in [6.45, 7) is -0.969. The van der Waals surface area contributed by atoms with Gasteiger partial charge in [0.25, 0.3) is 5.91 Å². The van der Waals surface area contributed by atoms with Crippen molar-refractivity contribution in [1.82, 2.24) is 25.2 Å². The maximum Gasteiger partial charge on any atom is 0.401 e. The summed E-state index contributed by atoms with van der Waals surface area (Å²) >= 11 is 0. The standard InChI is InChI=1S/C20H24F3N5O/c21-20(22,23)11-25-15-3-5-16(6-4-15)26-19(29)17-9-14(13-1-2-13)10-18(27-17)28-8-7-24-12-28/h7-10,12-13,15-16,25H,1-6,11H2,(H,26,29)/t15-,16-. The van der Waals surface area contributed by atoms with Gasteiger partial charge in [-0.1, -0.05) is 0 Å². The fourth-order valence-electron chi connectivity index (χ4n) is 3.79. The van der Waals surface area contributed by atoms with Crippen LogP contribution < -0.4 is 10.6 Å². The van der Waals surface area contributed by atoms with Crippen molar-refractivity contribution in [2.45, 2.75) is 62.7 Å². The molecular formula is C20H24F3N5O. The predicted octanol–water partition coefficient (Wildman–Crippen LogP) is 3.34. The fraction of sp³-hybridized carbons (Fsp3) is 0.550. The summed E-state index contributed by atoms with van der Waals surface area (Å²) in [6.07, 6.45) is 5.65. The summed E-state index contributed by atoms with van der Waals surface area (Å²) in [5.74, 6) is 0.902. The van der Waals surface area contributed by atoms with E-state index < -0.39 is 12.7 Å². The molecule has 2 saturated carbocycles. The molecule has 0 spiro atoms. The average molecular weight is 407 g/mol. The second-order valence-electron chi connectivity index (χ2n) is 7.91. The molecule has 0 aromatic carbocycles. The Bertz CT molecular complexity index is 840. The number of pyridine rings is 1. The van der Waals surface area contributed by atoms with Gasteiger partial charge in [0.1, 0.15) is 17.8 Å². The molecular weight excluding hydrogens is 383 g/mol. The van der Waals surface area contributed by atoms with Crippen molar-refractivity contribution in [3.63, 3.8) is 0 Å². The van der Waals surface area contributed by atoms with Crippen LogP contribution in [0.5, 0.6) is 0 Å². The van der Waals surface area contributed by atoms with E-state index in [1.807, 2.05) is 12.1 Å². The molecule has 0 bridgehead atoms. The van der Waals surface area contributed by atoms with Crippen molar-refractivity contribution in [3.05, 3.63) is 42.1 Å². The number of hydrogen-bond acceptors (Lipinski definition) is 4. The lowest BCUT2D eigenvalue weighted by atomic mass is 9.91. The van der Waals surface area contributed by atoms with Crippen molar-refractivity contribution >= 4 is 5.91 Å². The molecule has 9 heteroatoms. The van der Waals surface area contributed by atoms with E-state index in [4.69, 9.17) is 0 Å². The number of aromatic nitrogens is 3. The molecule has 2 aromatic heterocycles. The molecule has 6 nitrogen and oxygen atoms in total. The van der Waals surface area contributed by atoms with Crippen molar-refractivity contribution in [2.75, 3.05) is 6.54 Å². The third-order valence-corrected chi connectivity index (χ3v) is 5.54. The lowest BCUT2D eigenvalue weighted by Crippen LogP contribution is -2.44. The van der Waals surface area contributed by atoms with Gasteiger partial charge in [-0.3, -0.25) is 9.36 Å². The molecule has 2 N–H and O–H groups in total. The highest BCUT2D eigenvalue weighted by atomic mass is 19.4. The van der Waals surface area contributed by atoms with Gasteiger partial charge >= 0.3 is 6.18 Å². The molecule has 0 aliphatic heterocycles. The van der Waals surface area contributed by atoms with E-state index in [9.17, 15) is 18.0 Å². The lowest BCUT2D eigenvalue weighted by molar-refractivity contribution is -0.126. The minimum Gasteiger partial charge on any atom is -0.348 e. The van der Waals surface area contributed by atoms with Gasteiger partial charge in [-0.15, -0.1) is 0 Å². The molecule has 2 aliphatic rings. The Kier molecular flexibility index (Phi) is 5.58. The molecule has 0 radical (unpaired) electrons. The average Bonchev–Trinajstić information content (AvgIpc) is 3.40. The third-order valence-electron chi connectivity index (χ3n) is 5.54. The SMILES string of the molecule is O=C(N[C@H]1CC[C@H](NCC(F)(F)F)CC1)c1cc(C2CC2)cc(-n2ccnc2)n1. The third kappa shape index (κ3) is 5.35. The number of amides is 1. The maximum absolute atomic E-state index is 12.8. The Morgan fingerprint density at radius 1 is 1.10 bits per heavy atom. The molecule has 1 amide bonds. The number of nitrogens with one attached hydrogen (secondary N) is 2. The molecule has 2 aromatic rings. The number of rotatable bonds is 6. The first kappa shape index (κ1) is 19.9. The number of alkyl halides is 3. The van der Waals surface area contributed by atoms with Gasteiger partial charge in [-0.25, -0.2) is 9.97 Å². The molecule has 156 valence electrons. The second-order valence-corrected chi connectivity index (χ2v) is 7.91. The molecule has 0 unspecified atom stereocenters. The molecule has 2 aliphatic carbocycles. The van der Waals surface area contributed by atoms with E-state index in [1.165, 1.54) is 0 Å². The molecule has 0 atom stereocenters. The Labute approximate surface area is 166 Å². The quantitative estimate of drug-likeness (QED) is 0.771. The zero-order valence-corrected chi connectivity index (χ0v) is 16.0. The van der Waals surface area contributed by atoms with Crippen molar-refractivity contribution in [3.8, 4) is 5.82 Å². The minimum atomic E-state index is -4.20. The van der Waals surface area contributed by atoms with E-state index in [0.29, 0.717) is 43.1 Å². The summed E-state index contributed by atoms with van der Waals surface area (Å²) in [6, 6.07) is 3.64. The summed E-state index contributed by atoms with van der Waals surface area (Å²) in [4.78, 5) is 21.3.